The van der Waals surface area contributed by atoms with Crippen molar-refractivity contribution in [3.63, 3.8) is 0 Å². The smallest absolute Gasteiger partial charge is 0.437 e. The average molecular weight is 243 g/mol. The molecule has 2 N–H and O–H groups in total. The van der Waals surface area contributed by atoms with Crippen LogP contribution < -0.4 is 10.5 Å². The molecule has 0 fully saturated rings. The highest BCUT2D eigenvalue weighted by molar-refractivity contribution is 5.85. The molecule has 0 amide bonds. The Labute approximate surface area is 90.8 Å². The molecule has 7 heteroatoms. The van der Waals surface area contributed by atoms with Crippen LogP contribution in [0.1, 0.15) is 11.4 Å². The topological polar surface area (TPSA) is 48.1 Å². The predicted octanol–water partition coefficient (Wildman–Crippen LogP) is 1.99. The van der Waals surface area contributed by atoms with E-state index in [-0.39, 0.29) is 30.4 Å². The molecule has 1 heterocycles. The Balaban J connectivity index is 0.00000196. The molecule has 0 bridgehead atoms. The maximum absolute atomic E-state index is 12.4. The molecule has 0 aliphatic carbocycles. The Kier molecular flexibility index (Phi) is 4.83. The summed E-state index contributed by atoms with van der Waals surface area (Å²) in [6.45, 7) is -0.0346. The summed E-state index contributed by atoms with van der Waals surface area (Å²) in [6, 6.07) is 2.60. The zero-order chi connectivity index (χ0) is 10.8. The maximum Gasteiger partial charge on any atom is 0.437 e. The van der Waals surface area contributed by atoms with Gasteiger partial charge in [0, 0.05) is 6.54 Å². The van der Waals surface area contributed by atoms with Gasteiger partial charge in [0.15, 0.2) is 5.69 Å². The van der Waals surface area contributed by atoms with E-state index in [1.165, 1.54) is 12.1 Å². The van der Waals surface area contributed by atoms with Gasteiger partial charge >= 0.3 is 6.18 Å². The van der Waals surface area contributed by atoms with E-state index in [0.717, 1.165) is 7.11 Å². The Hall–Kier alpha value is -1.01. The van der Waals surface area contributed by atoms with E-state index in [9.17, 15) is 13.2 Å². The van der Waals surface area contributed by atoms with Crippen LogP contribution in [0.5, 0.6) is 5.75 Å². The van der Waals surface area contributed by atoms with Gasteiger partial charge in [-0.2, -0.15) is 13.2 Å². The van der Waals surface area contributed by atoms with Crippen molar-refractivity contribution in [1.29, 1.82) is 0 Å². The lowest BCUT2D eigenvalue weighted by Gasteiger charge is -2.11. The van der Waals surface area contributed by atoms with Crippen LogP contribution in [0, 0.1) is 0 Å². The number of nitrogens with zero attached hydrogens (tertiary/aromatic N) is 1. The molecule has 0 aliphatic heterocycles. The van der Waals surface area contributed by atoms with Crippen LogP contribution in [-0.4, -0.2) is 12.1 Å². The van der Waals surface area contributed by atoms with Gasteiger partial charge in [-0.15, -0.1) is 12.4 Å². The van der Waals surface area contributed by atoms with Crippen molar-refractivity contribution in [2.24, 2.45) is 5.73 Å². The molecular weight excluding hydrogens is 233 g/mol. The third-order valence-corrected chi connectivity index (χ3v) is 1.61. The van der Waals surface area contributed by atoms with E-state index in [1.807, 2.05) is 0 Å². The Bertz CT molecular complexity index is 330. The van der Waals surface area contributed by atoms with Crippen molar-refractivity contribution >= 4 is 12.4 Å². The quantitative estimate of drug-likeness (QED) is 0.863. The molecule has 0 spiro atoms. The Morgan fingerprint density at radius 2 is 2.00 bits per heavy atom. The monoisotopic (exact) mass is 242 g/mol. The number of nitrogens with two attached hydrogens (primary N) is 1. The number of pyridine rings is 1. The number of hydrogen-bond acceptors (Lipinski definition) is 3. The highest BCUT2D eigenvalue weighted by Crippen LogP contribution is 2.34. The summed E-state index contributed by atoms with van der Waals surface area (Å²) >= 11 is 0. The molecular formula is C8H10ClF3N2O. The summed E-state index contributed by atoms with van der Waals surface area (Å²) in [7, 11) is 1.16. The summed E-state index contributed by atoms with van der Waals surface area (Å²) in [5.41, 5.74) is 4.32. The van der Waals surface area contributed by atoms with E-state index in [1.54, 1.807) is 0 Å². The molecule has 15 heavy (non-hydrogen) atoms. The fourth-order valence-corrected chi connectivity index (χ4v) is 0.968. The van der Waals surface area contributed by atoms with E-state index in [2.05, 4.69) is 9.72 Å². The van der Waals surface area contributed by atoms with Crippen molar-refractivity contribution in [2.45, 2.75) is 12.7 Å². The number of aromatic nitrogens is 1. The van der Waals surface area contributed by atoms with Crippen molar-refractivity contribution in [3.05, 3.63) is 23.5 Å². The van der Waals surface area contributed by atoms with Crippen LogP contribution in [0.15, 0.2) is 12.1 Å². The van der Waals surface area contributed by atoms with Crippen molar-refractivity contribution in [2.75, 3.05) is 7.11 Å². The maximum atomic E-state index is 12.4. The summed E-state index contributed by atoms with van der Waals surface area (Å²) in [5, 5.41) is 0. The number of hydrogen-bond donors (Lipinski definition) is 1. The first-order chi connectivity index (χ1) is 6.49. The fraction of sp³-hybridized carbons (Fsp3) is 0.375. The third-order valence-electron chi connectivity index (χ3n) is 1.61. The second-order valence-electron chi connectivity index (χ2n) is 2.56. The van der Waals surface area contributed by atoms with Gasteiger partial charge in [0.1, 0.15) is 5.75 Å². The van der Waals surface area contributed by atoms with Gasteiger partial charge < -0.3 is 10.5 Å². The van der Waals surface area contributed by atoms with Gasteiger partial charge in [0.05, 0.1) is 12.8 Å². The van der Waals surface area contributed by atoms with Crippen LogP contribution in [-0.2, 0) is 12.7 Å². The summed E-state index contributed by atoms with van der Waals surface area (Å²) in [6.07, 6.45) is -4.52. The van der Waals surface area contributed by atoms with Gasteiger partial charge in [0.2, 0.25) is 0 Å². The van der Waals surface area contributed by atoms with Crippen LogP contribution >= 0.6 is 12.4 Å². The number of alkyl halides is 3. The van der Waals surface area contributed by atoms with E-state index < -0.39 is 11.9 Å². The second kappa shape index (κ2) is 5.18. The van der Waals surface area contributed by atoms with Gasteiger partial charge in [-0.25, -0.2) is 4.98 Å². The fourth-order valence-electron chi connectivity index (χ4n) is 0.968. The van der Waals surface area contributed by atoms with Gasteiger partial charge in [-0.3, -0.25) is 0 Å². The zero-order valence-corrected chi connectivity index (χ0v) is 8.65. The molecule has 0 radical (unpaired) electrons. The first kappa shape index (κ1) is 14.0. The van der Waals surface area contributed by atoms with Crippen LogP contribution in [0.4, 0.5) is 13.2 Å². The molecule has 1 aromatic heterocycles. The Morgan fingerprint density at radius 1 is 1.40 bits per heavy atom. The number of ether oxygens (including phenoxy) is 1. The number of rotatable bonds is 2. The highest BCUT2D eigenvalue weighted by Gasteiger charge is 2.36. The highest BCUT2D eigenvalue weighted by atomic mass is 35.5. The molecule has 0 aromatic carbocycles. The average Bonchev–Trinajstić information content (AvgIpc) is 2.15. The van der Waals surface area contributed by atoms with Crippen LogP contribution in [0.2, 0.25) is 0 Å². The summed E-state index contributed by atoms with van der Waals surface area (Å²) < 4.78 is 41.7. The zero-order valence-electron chi connectivity index (χ0n) is 7.84. The van der Waals surface area contributed by atoms with Crippen LogP contribution in [0.25, 0.3) is 0 Å². The predicted molar refractivity (Wildman–Crippen MR) is 50.9 cm³/mol. The summed E-state index contributed by atoms with van der Waals surface area (Å²) in [5.74, 6) is -0.297. The lowest BCUT2D eigenvalue weighted by Crippen LogP contribution is -2.13. The molecule has 0 saturated carbocycles. The SMILES string of the molecule is COc1ccc(CN)nc1C(F)(F)F.Cl. The van der Waals surface area contributed by atoms with E-state index in [4.69, 9.17) is 5.73 Å². The minimum absolute atomic E-state index is 0. The first-order valence-corrected chi connectivity index (χ1v) is 3.80. The largest absolute Gasteiger partial charge is 0.494 e. The minimum atomic E-state index is -4.52. The van der Waals surface area contributed by atoms with Crippen molar-refractivity contribution in [1.82, 2.24) is 4.98 Å². The molecule has 0 unspecified atom stereocenters. The molecule has 3 nitrogen and oxygen atoms in total. The molecule has 1 rings (SSSR count). The molecule has 0 saturated heterocycles. The first-order valence-electron chi connectivity index (χ1n) is 3.80. The molecule has 0 aliphatic rings. The molecule has 1 aromatic rings. The van der Waals surface area contributed by atoms with Crippen LogP contribution in [0.3, 0.4) is 0 Å². The van der Waals surface area contributed by atoms with Crippen molar-refractivity contribution < 1.29 is 17.9 Å². The molecule has 86 valence electrons. The van der Waals surface area contributed by atoms with E-state index in [0.29, 0.717) is 0 Å². The summed E-state index contributed by atoms with van der Waals surface area (Å²) in [4.78, 5) is 3.36. The lowest BCUT2D eigenvalue weighted by molar-refractivity contribution is -0.142. The minimum Gasteiger partial charge on any atom is -0.494 e. The number of halogens is 4. The van der Waals surface area contributed by atoms with Gasteiger partial charge in [-0.05, 0) is 12.1 Å². The lowest BCUT2D eigenvalue weighted by atomic mass is 10.2. The van der Waals surface area contributed by atoms with E-state index >= 15 is 0 Å². The second-order valence-corrected chi connectivity index (χ2v) is 2.56. The third kappa shape index (κ3) is 3.24. The number of methoxy groups -OCH3 is 1. The molecule has 0 atom stereocenters. The normalized spacial score (nSPS) is 10.7. The standard InChI is InChI=1S/C8H9F3N2O.ClH/c1-14-6-3-2-5(4-12)13-7(6)8(9,10)11;/h2-3H,4,12H2,1H3;1H. The van der Waals surface area contributed by atoms with Crippen molar-refractivity contribution in [3.8, 4) is 5.75 Å². The Morgan fingerprint density at radius 3 is 2.40 bits per heavy atom. The van der Waals surface area contributed by atoms with Gasteiger partial charge in [-0.1, -0.05) is 0 Å². The van der Waals surface area contributed by atoms with Gasteiger partial charge in [0.25, 0.3) is 0 Å².